The number of amides is 1. The molecule has 0 saturated carbocycles. The number of rotatable bonds is 6. The highest BCUT2D eigenvalue weighted by Gasteiger charge is 2.10. The highest BCUT2D eigenvalue weighted by atomic mass is 16.5. The molecule has 0 fully saturated rings. The molecule has 1 atom stereocenters. The first kappa shape index (κ1) is 14.3. The first-order valence-electron chi connectivity index (χ1n) is 5.84. The normalized spacial score (nSPS) is 11.8. The summed E-state index contributed by atoms with van der Waals surface area (Å²) in [5.74, 6) is 0.796. The molecule has 0 aliphatic rings. The second-order valence-electron chi connectivity index (χ2n) is 3.83. The van der Waals surface area contributed by atoms with E-state index in [1.807, 2.05) is 6.92 Å². The Bertz CT molecular complexity index is 404. The Labute approximate surface area is 107 Å². The third-order valence-electron chi connectivity index (χ3n) is 2.40. The number of hydrogen-bond donors (Lipinski definition) is 2. The number of carbonyl (C=O) groups is 1. The van der Waals surface area contributed by atoms with Crippen LogP contribution in [-0.2, 0) is 4.79 Å². The summed E-state index contributed by atoms with van der Waals surface area (Å²) in [6, 6.07) is 5.11. The lowest BCUT2D eigenvalue weighted by Crippen LogP contribution is -2.28. The van der Waals surface area contributed by atoms with Crippen LogP contribution in [0.25, 0.3) is 0 Å². The Balaban J connectivity index is 2.73. The van der Waals surface area contributed by atoms with Gasteiger partial charge >= 0.3 is 0 Å². The second-order valence-corrected chi connectivity index (χ2v) is 3.83. The Hall–Kier alpha value is -1.75. The van der Waals surface area contributed by atoms with Gasteiger partial charge in [0.05, 0.1) is 13.2 Å². The average molecular weight is 253 g/mol. The Morgan fingerprint density at radius 1 is 1.44 bits per heavy atom. The zero-order chi connectivity index (χ0) is 13.5. The lowest BCUT2D eigenvalue weighted by atomic mass is 10.1. The highest BCUT2D eigenvalue weighted by Crippen LogP contribution is 2.30. The number of ether oxygens (including phenoxy) is 2. The summed E-state index contributed by atoms with van der Waals surface area (Å²) in [5.41, 5.74) is 0.734. The molecule has 0 saturated heterocycles. The molecule has 0 heterocycles. The van der Waals surface area contributed by atoms with Gasteiger partial charge in [-0.3, -0.25) is 4.79 Å². The summed E-state index contributed by atoms with van der Waals surface area (Å²) in [7, 11) is 1.51. The first-order valence-corrected chi connectivity index (χ1v) is 5.84. The molecule has 2 N–H and O–H groups in total. The molecule has 0 aliphatic heterocycles. The van der Waals surface area contributed by atoms with Gasteiger partial charge in [0.2, 0.25) is 0 Å². The van der Waals surface area contributed by atoms with Crippen LogP contribution in [0.4, 0.5) is 0 Å². The fourth-order valence-electron chi connectivity index (χ4n) is 1.45. The number of aliphatic hydroxyl groups is 1. The maximum Gasteiger partial charge on any atom is 0.257 e. The fraction of sp³-hybridized carbons (Fsp3) is 0.462. The standard InChI is InChI=1S/C13H19NO4/c1-4-14-13(16)8-18-11-6-5-10(9(2)15)7-12(11)17-3/h5-7,9,15H,4,8H2,1-3H3,(H,14,16)/t9-/m0/s1. The van der Waals surface area contributed by atoms with E-state index in [1.165, 1.54) is 7.11 Å². The molecule has 1 aromatic rings. The van der Waals surface area contributed by atoms with E-state index in [0.717, 1.165) is 5.56 Å². The number of likely N-dealkylation sites (N-methyl/N-ethyl adjacent to an activating group) is 1. The predicted molar refractivity (Wildman–Crippen MR) is 67.8 cm³/mol. The number of nitrogens with one attached hydrogen (secondary N) is 1. The van der Waals surface area contributed by atoms with Crippen molar-refractivity contribution in [3.63, 3.8) is 0 Å². The quantitative estimate of drug-likeness (QED) is 0.801. The molecular formula is C13H19NO4. The maximum absolute atomic E-state index is 11.3. The number of carbonyl (C=O) groups excluding carboxylic acids is 1. The number of hydrogen-bond acceptors (Lipinski definition) is 4. The van der Waals surface area contributed by atoms with Crippen molar-refractivity contribution in [3.8, 4) is 11.5 Å². The van der Waals surface area contributed by atoms with Gasteiger partial charge in [0.15, 0.2) is 18.1 Å². The Kier molecular flexibility index (Phi) is 5.45. The highest BCUT2D eigenvalue weighted by molar-refractivity contribution is 5.77. The van der Waals surface area contributed by atoms with Crippen LogP contribution in [0.2, 0.25) is 0 Å². The number of aliphatic hydroxyl groups excluding tert-OH is 1. The zero-order valence-corrected chi connectivity index (χ0v) is 10.9. The molecule has 0 aliphatic carbocycles. The summed E-state index contributed by atoms with van der Waals surface area (Å²) < 4.78 is 10.5. The number of benzene rings is 1. The van der Waals surface area contributed by atoms with Gasteiger partial charge in [-0.15, -0.1) is 0 Å². The minimum atomic E-state index is -0.573. The largest absolute Gasteiger partial charge is 0.493 e. The summed E-state index contributed by atoms with van der Waals surface area (Å²) >= 11 is 0. The van der Waals surface area contributed by atoms with Crippen LogP contribution in [0.5, 0.6) is 11.5 Å². The molecule has 1 aromatic carbocycles. The van der Waals surface area contributed by atoms with Crippen LogP contribution in [0.3, 0.4) is 0 Å². The van der Waals surface area contributed by atoms with Crippen molar-refractivity contribution in [1.29, 1.82) is 0 Å². The molecule has 18 heavy (non-hydrogen) atoms. The lowest BCUT2D eigenvalue weighted by Gasteiger charge is -2.13. The molecule has 1 rings (SSSR count). The van der Waals surface area contributed by atoms with Crippen LogP contribution < -0.4 is 14.8 Å². The van der Waals surface area contributed by atoms with Crippen molar-refractivity contribution < 1.29 is 19.4 Å². The lowest BCUT2D eigenvalue weighted by molar-refractivity contribution is -0.123. The topological polar surface area (TPSA) is 67.8 Å². The SMILES string of the molecule is CCNC(=O)COc1ccc([C@H](C)O)cc1OC. The summed E-state index contributed by atoms with van der Waals surface area (Å²) in [5, 5.41) is 12.1. The van der Waals surface area contributed by atoms with Crippen molar-refractivity contribution in [3.05, 3.63) is 23.8 Å². The maximum atomic E-state index is 11.3. The monoisotopic (exact) mass is 253 g/mol. The molecule has 0 aromatic heterocycles. The number of methoxy groups -OCH3 is 1. The molecule has 0 unspecified atom stereocenters. The van der Waals surface area contributed by atoms with E-state index in [4.69, 9.17) is 9.47 Å². The van der Waals surface area contributed by atoms with E-state index in [0.29, 0.717) is 18.0 Å². The van der Waals surface area contributed by atoms with E-state index < -0.39 is 6.10 Å². The van der Waals surface area contributed by atoms with Crippen LogP contribution in [0.1, 0.15) is 25.5 Å². The van der Waals surface area contributed by atoms with Gasteiger partial charge in [-0.2, -0.15) is 0 Å². The van der Waals surface area contributed by atoms with Crippen LogP contribution in [0.15, 0.2) is 18.2 Å². The van der Waals surface area contributed by atoms with Crippen molar-refractivity contribution in [2.45, 2.75) is 20.0 Å². The van der Waals surface area contributed by atoms with E-state index in [2.05, 4.69) is 5.32 Å². The smallest absolute Gasteiger partial charge is 0.257 e. The minimum absolute atomic E-state index is 0.0573. The minimum Gasteiger partial charge on any atom is -0.493 e. The van der Waals surface area contributed by atoms with Gasteiger partial charge < -0.3 is 19.9 Å². The second kappa shape index (κ2) is 6.86. The van der Waals surface area contributed by atoms with Gasteiger partial charge in [-0.05, 0) is 31.5 Å². The van der Waals surface area contributed by atoms with Crippen molar-refractivity contribution in [2.75, 3.05) is 20.3 Å². The summed E-state index contributed by atoms with van der Waals surface area (Å²) in [6.07, 6.45) is -0.573. The van der Waals surface area contributed by atoms with E-state index in [9.17, 15) is 9.90 Å². The van der Waals surface area contributed by atoms with Crippen molar-refractivity contribution >= 4 is 5.91 Å². The molecule has 5 nitrogen and oxygen atoms in total. The summed E-state index contributed by atoms with van der Waals surface area (Å²) in [6.45, 7) is 4.03. The Morgan fingerprint density at radius 3 is 2.72 bits per heavy atom. The van der Waals surface area contributed by atoms with Gasteiger partial charge in [0.25, 0.3) is 5.91 Å². The first-order chi connectivity index (χ1) is 8.58. The average Bonchev–Trinajstić information content (AvgIpc) is 2.36. The molecule has 0 bridgehead atoms. The van der Waals surface area contributed by atoms with Crippen LogP contribution in [0, 0.1) is 0 Å². The van der Waals surface area contributed by atoms with E-state index >= 15 is 0 Å². The molecule has 0 radical (unpaired) electrons. The predicted octanol–water partition coefficient (Wildman–Crippen LogP) is 1.26. The van der Waals surface area contributed by atoms with Crippen LogP contribution in [-0.4, -0.2) is 31.3 Å². The van der Waals surface area contributed by atoms with Gasteiger partial charge in [0, 0.05) is 6.54 Å². The summed E-state index contributed by atoms with van der Waals surface area (Å²) in [4.78, 5) is 11.3. The molecule has 0 spiro atoms. The molecule has 100 valence electrons. The van der Waals surface area contributed by atoms with E-state index in [-0.39, 0.29) is 12.5 Å². The van der Waals surface area contributed by atoms with Crippen molar-refractivity contribution in [1.82, 2.24) is 5.32 Å². The van der Waals surface area contributed by atoms with Crippen LogP contribution >= 0.6 is 0 Å². The fourth-order valence-corrected chi connectivity index (χ4v) is 1.45. The third-order valence-corrected chi connectivity index (χ3v) is 2.40. The third kappa shape index (κ3) is 3.92. The van der Waals surface area contributed by atoms with Crippen molar-refractivity contribution in [2.24, 2.45) is 0 Å². The molecule has 1 amide bonds. The van der Waals surface area contributed by atoms with Gasteiger partial charge in [-0.1, -0.05) is 6.07 Å². The van der Waals surface area contributed by atoms with E-state index in [1.54, 1.807) is 25.1 Å². The van der Waals surface area contributed by atoms with Gasteiger partial charge in [-0.25, -0.2) is 0 Å². The molecule has 5 heteroatoms. The zero-order valence-electron chi connectivity index (χ0n) is 10.9. The Morgan fingerprint density at radius 2 is 2.17 bits per heavy atom. The molecular weight excluding hydrogens is 234 g/mol. The van der Waals surface area contributed by atoms with Gasteiger partial charge in [0.1, 0.15) is 0 Å².